The molecule has 2 amide bonds. The highest BCUT2D eigenvalue weighted by Gasteiger charge is 2.31. The van der Waals surface area contributed by atoms with E-state index >= 15 is 0 Å². The number of rotatable bonds is 3. The number of benzene rings is 1. The predicted molar refractivity (Wildman–Crippen MR) is 69.5 cm³/mol. The molecule has 0 saturated carbocycles. The van der Waals surface area contributed by atoms with Gasteiger partial charge in [-0.1, -0.05) is 12.1 Å². The smallest absolute Gasteiger partial charge is 0.234 e. The standard InChI is InChI=1S/C14H12FN3O2/c15-11-3-1-2-10(6-11)8-17-9-12(7-16-17)18-13(19)4-5-14(18)20/h1-3,6-7,9H,4-5,8H2. The normalized spacial score (nSPS) is 15.2. The predicted octanol–water partition coefficient (Wildman–Crippen LogP) is 1.72. The lowest BCUT2D eigenvalue weighted by Crippen LogP contribution is -2.28. The Hall–Kier alpha value is -2.50. The van der Waals surface area contributed by atoms with Gasteiger partial charge in [-0.05, 0) is 17.7 Å². The first-order valence-electron chi connectivity index (χ1n) is 6.26. The second-order valence-electron chi connectivity index (χ2n) is 4.65. The van der Waals surface area contributed by atoms with Crippen LogP contribution in [0.4, 0.5) is 10.1 Å². The molecule has 1 saturated heterocycles. The minimum Gasteiger partial charge on any atom is -0.274 e. The lowest BCUT2D eigenvalue weighted by atomic mass is 10.2. The lowest BCUT2D eigenvalue weighted by molar-refractivity contribution is -0.121. The molecule has 1 aromatic carbocycles. The number of imide groups is 1. The van der Waals surface area contributed by atoms with Crippen molar-refractivity contribution in [2.75, 3.05) is 4.90 Å². The number of hydrogen-bond donors (Lipinski definition) is 0. The number of nitrogens with zero attached hydrogens (tertiary/aromatic N) is 3. The van der Waals surface area contributed by atoms with Crippen LogP contribution in [0.3, 0.4) is 0 Å². The molecule has 0 radical (unpaired) electrons. The van der Waals surface area contributed by atoms with E-state index in [2.05, 4.69) is 5.10 Å². The van der Waals surface area contributed by atoms with Crippen LogP contribution >= 0.6 is 0 Å². The second kappa shape index (κ2) is 4.88. The van der Waals surface area contributed by atoms with Gasteiger partial charge in [0.1, 0.15) is 5.82 Å². The number of amides is 2. The van der Waals surface area contributed by atoms with E-state index < -0.39 is 0 Å². The molecule has 2 aromatic rings. The highest BCUT2D eigenvalue weighted by molar-refractivity contribution is 6.19. The third-order valence-corrected chi connectivity index (χ3v) is 3.16. The Kier molecular flexibility index (Phi) is 3.06. The molecule has 2 heterocycles. The molecule has 0 spiro atoms. The molecule has 1 aliphatic heterocycles. The Balaban J connectivity index is 1.80. The minimum absolute atomic E-state index is 0.208. The second-order valence-corrected chi connectivity index (χ2v) is 4.65. The Morgan fingerprint density at radius 2 is 1.95 bits per heavy atom. The van der Waals surface area contributed by atoms with Gasteiger partial charge in [0.15, 0.2) is 0 Å². The van der Waals surface area contributed by atoms with Crippen molar-refractivity contribution in [3.8, 4) is 0 Å². The first-order valence-corrected chi connectivity index (χ1v) is 6.26. The quantitative estimate of drug-likeness (QED) is 0.800. The Morgan fingerprint density at radius 3 is 2.65 bits per heavy atom. The summed E-state index contributed by atoms with van der Waals surface area (Å²) in [7, 11) is 0. The van der Waals surface area contributed by atoms with Crippen molar-refractivity contribution in [2.45, 2.75) is 19.4 Å². The van der Waals surface area contributed by atoms with Gasteiger partial charge in [-0.15, -0.1) is 0 Å². The summed E-state index contributed by atoms with van der Waals surface area (Å²) in [4.78, 5) is 24.4. The zero-order chi connectivity index (χ0) is 14.1. The fourth-order valence-corrected chi connectivity index (χ4v) is 2.24. The highest BCUT2D eigenvalue weighted by Crippen LogP contribution is 2.21. The van der Waals surface area contributed by atoms with Crippen LogP contribution in [-0.2, 0) is 16.1 Å². The number of carbonyl (C=O) groups excluding carboxylic acids is 2. The number of carbonyl (C=O) groups is 2. The molecule has 3 rings (SSSR count). The third-order valence-electron chi connectivity index (χ3n) is 3.16. The van der Waals surface area contributed by atoms with E-state index in [0.29, 0.717) is 12.2 Å². The van der Waals surface area contributed by atoms with Crippen LogP contribution in [0.1, 0.15) is 18.4 Å². The van der Waals surface area contributed by atoms with Crippen LogP contribution in [-0.4, -0.2) is 21.6 Å². The monoisotopic (exact) mass is 273 g/mol. The molecular weight excluding hydrogens is 261 g/mol. The van der Waals surface area contributed by atoms with Gasteiger partial charge in [-0.3, -0.25) is 14.3 Å². The summed E-state index contributed by atoms with van der Waals surface area (Å²) in [6.07, 6.45) is 3.58. The van der Waals surface area contributed by atoms with E-state index in [0.717, 1.165) is 10.5 Å². The van der Waals surface area contributed by atoms with E-state index in [9.17, 15) is 14.0 Å². The Bertz CT molecular complexity index is 665. The molecule has 1 aromatic heterocycles. The maximum absolute atomic E-state index is 13.1. The van der Waals surface area contributed by atoms with Crippen LogP contribution in [0.15, 0.2) is 36.7 Å². The largest absolute Gasteiger partial charge is 0.274 e. The fraction of sp³-hybridized carbons (Fsp3) is 0.214. The van der Waals surface area contributed by atoms with Gasteiger partial charge in [-0.25, -0.2) is 9.29 Å². The molecule has 1 fully saturated rings. The zero-order valence-corrected chi connectivity index (χ0v) is 10.6. The first kappa shape index (κ1) is 12.5. The molecule has 1 aliphatic rings. The van der Waals surface area contributed by atoms with Crippen molar-refractivity contribution in [1.29, 1.82) is 0 Å². The van der Waals surface area contributed by atoms with Gasteiger partial charge >= 0.3 is 0 Å². The topological polar surface area (TPSA) is 55.2 Å². The number of aromatic nitrogens is 2. The van der Waals surface area contributed by atoms with Gasteiger partial charge in [0.2, 0.25) is 11.8 Å². The summed E-state index contributed by atoms with van der Waals surface area (Å²) in [5.74, 6) is -0.722. The minimum atomic E-state index is -0.306. The summed E-state index contributed by atoms with van der Waals surface area (Å²) in [5.41, 5.74) is 1.23. The van der Waals surface area contributed by atoms with Gasteiger partial charge in [0, 0.05) is 19.0 Å². The maximum atomic E-state index is 13.1. The molecule has 0 atom stereocenters. The van der Waals surface area contributed by atoms with Crippen molar-refractivity contribution in [1.82, 2.24) is 9.78 Å². The van der Waals surface area contributed by atoms with Crippen molar-refractivity contribution in [2.24, 2.45) is 0 Å². The molecule has 102 valence electrons. The molecular formula is C14H12FN3O2. The third kappa shape index (κ3) is 2.32. The van der Waals surface area contributed by atoms with Gasteiger partial charge in [0.25, 0.3) is 0 Å². The van der Waals surface area contributed by atoms with E-state index in [4.69, 9.17) is 0 Å². The van der Waals surface area contributed by atoms with Crippen LogP contribution < -0.4 is 4.90 Å². The van der Waals surface area contributed by atoms with Crippen LogP contribution in [0.5, 0.6) is 0 Å². The highest BCUT2D eigenvalue weighted by atomic mass is 19.1. The number of halogens is 1. The summed E-state index contributed by atoms with van der Waals surface area (Å²) in [5, 5.41) is 4.10. The van der Waals surface area contributed by atoms with Crippen LogP contribution in [0.25, 0.3) is 0 Å². The van der Waals surface area contributed by atoms with Crippen LogP contribution in [0, 0.1) is 5.82 Å². The van der Waals surface area contributed by atoms with Crippen molar-refractivity contribution in [3.63, 3.8) is 0 Å². The molecule has 0 unspecified atom stereocenters. The number of hydrogen-bond acceptors (Lipinski definition) is 3. The van der Waals surface area contributed by atoms with E-state index in [1.165, 1.54) is 18.3 Å². The molecule has 0 N–H and O–H groups in total. The molecule has 20 heavy (non-hydrogen) atoms. The summed E-state index contributed by atoms with van der Waals surface area (Å²) in [6.45, 7) is 0.383. The number of anilines is 1. The molecule has 0 aliphatic carbocycles. The van der Waals surface area contributed by atoms with Crippen molar-refractivity contribution < 1.29 is 14.0 Å². The SMILES string of the molecule is O=C1CCC(=O)N1c1cnn(Cc2cccc(F)c2)c1. The first-order chi connectivity index (χ1) is 9.63. The van der Waals surface area contributed by atoms with Gasteiger partial charge in [-0.2, -0.15) is 5.10 Å². The maximum Gasteiger partial charge on any atom is 0.234 e. The van der Waals surface area contributed by atoms with Crippen LogP contribution in [0.2, 0.25) is 0 Å². The Labute approximate surface area is 114 Å². The lowest BCUT2D eigenvalue weighted by Gasteiger charge is -2.09. The average Bonchev–Trinajstić information content (AvgIpc) is 2.97. The summed E-state index contributed by atoms with van der Waals surface area (Å²) in [6, 6.07) is 6.21. The van der Waals surface area contributed by atoms with Gasteiger partial charge in [0.05, 0.1) is 18.4 Å². The zero-order valence-electron chi connectivity index (χ0n) is 10.6. The Morgan fingerprint density at radius 1 is 1.20 bits per heavy atom. The molecule has 0 bridgehead atoms. The summed E-state index contributed by atoms with van der Waals surface area (Å²) < 4.78 is 14.7. The molecule has 5 nitrogen and oxygen atoms in total. The van der Waals surface area contributed by atoms with Crippen molar-refractivity contribution in [3.05, 3.63) is 48.0 Å². The van der Waals surface area contributed by atoms with E-state index in [-0.39, 0.29) is 30.5 Å². The summed E-state index contributed by atoms with van der Waals surface area (Å²) >= 11 is 0. The van der Waals surface area contributed by atoms with Crippen molar-refractivity contribution >= 4 is 17.5 Å². The van der Waals surface area contributed by atoms with E-state index in [1.54, 1.807) is 23.0 Å². The van der Waals surface area contributed by atoms with E-state index in [1.807, 2.05) is 0 Å². The molecule has 6 heteroatoms. The fourth-order valence-electron chi connectivity index (χ4n) is 2.24. The average molecular weight is 273 g/mol. The van der Waals surface area contributed by atoms with Gasteiger partial charge < -0.3 is 0 Å².